The Balaban J connectivity index is 1.81. The molecule has 5 heteroatoms. The van der Waals surface area contributed by atoms with Gasteiger partial charge in [-0.2, -0.15) is 4.98 Å². The highest BCUT2D eigenvalue weighted by Crippen LogP contribution is 2.29. The second-order valence-electron chi connectivity index (χ2n) is 8.24. The van der Waals surface area contributed by atoms with Crippen LogP contribution in [0.3, 0.4) is 0 Å². The van der Waals surface area contributed by atoms with Gasteiger partial charge in [-0.25, -0.2) is 0 Å². The standard InChI is InChI=1S/C20H27N3O2/c1-12-7-15(20(3,4)5)8-13(2)16(12)10-17-21-19(25-22-17)14-9-18(24)23(6)11-14/h7-8,14H,9-11H2,1-6H3. The number of nitrogens with zero attached hydrogens (tertiary/aromatic N) is 3. The zero-order valence-electron chi connectivity index (χ0n) is 16.0. The molecule has 1 aliphatic heterocycles. The molecule has 2 aromatic rings. The lowest BCUT2D eigenvalue weighted by molar-refractivity contribution is -0.126. The fourth-order valence-corrected chi connectivity index (χ4v) is 3.40. The minimum absolute atomic E-state index is 0.0178. The third-order valence-electron chi connectivity index (χ3n) is 5.07. The van der Waals surface area contributed by atoms with Gasteiger partial charge in [0.1, 0.15) is 0 Å². The van der Waals surface area contributed by atoms with Crippen LogP contribution in [0, 0.1) is 13.8 Å². The molecule has 1 amide bonds. The van der Waals surface area contributed by atoms with Crippen LogP contribution in [0.4, 0.5) is 0 Å². The van der Waals surface area contributed by atoms with E-state index in [1.807, 2.05) is 7.05 Å². The number of carbonyl (C=O) groups is 1. The molecular weight excluding hydrogens is 314 g/mol. The molecule has 0 radical (unpaired) electrons. The van der Waals surface area contributed by atoms with Crippen molar-refractivity contribution in [1.82, 2.24) is 15.0 Å². The van der Waals surface area contributed by atoms with Crippen molar-refractivity contribution in [3.05, 3.63) is 46.1 Å². The highest BCUT2D eigenvalue weighted by molar-refractivity contribution is 5.79. The molecule has 2 heterocycles. The number of hydrogen-bond donors (Lipinski definition) is 0. The second-order valence-corrected chi connectivity index (χ2v) is 8.24. The molecule has 1 aliphatic rings. The molecule has 5 nitrogen and oxygen atoms in total. The highest BCUT2D eigenvalue weighted by atomic mass is 16.5. The first kappa shape index (κ1) is 17.6. The minimum atomic E-state index is 0.0178. The number of benzene rings is 1. The first-order chi connectivity index (χ1) is 11.6. The molecule has 0 spiro atoms. The van der Waals surface area contributed by atoms with Crippen molar-refractivity contribution in [1.29, 1.82) is 0 Å². The Labute approximate surface area is 149 Å². The van der Waals surface area contributed by atoms with Crippen LogP contribution < -0.4 is 0 Å². The summed E-state index contributed by atoms with van der Waals surface area (Å²) in [6, 6.07) is 4.52. The van der Waals surface area contributed by atoms with Crippen molar-refractivity contribution in [2.24, 2.45) is 0 Å². The van der Waals surface area contributed by atoms with Gasteiger partial charge in [-0.15, -0.1) is 0 Å². The van der Waals surface area contributed by atoms with Gasteiger partial charge in [0.2, 0.25) is 11.8 Å². The van der Waals surface area contributed by atoms with E-state index in [2.05, 4.69) is 56.9 Å². The average Bonchev–Trinajstić information content (AvgIpc) is 3.09. The van der Waals surface area contributed by atoms with Gasteiger partial charge in [-0.3, -0.25) is 4.79 Å². The number of likely N-dealkylation sites (N-methyl/N-ethyl adjacent to an activating group) is 1. The predicted octanol–water partition coefficient (Wildman–Crippen LogP) is 3.52. The van der Waals surface area contributed by atoms with Crippen molar-refractivity contribution < 1.29 is 9.32 Å². The molecule has 0 aliphatic carbocycles. The molecule has 0 saturated carbocycles. The summed E-state index contributed by atoms with van der Waals surface area (Å²) in [4.78, 5) is 18.0. The number of likely N-dealkylation sites (tertiary alicyclic amines) is 1. The summed E-state index contributed by atoms with van der Waals surface area (Å²) < 4.78 is 5.44. The Morgan fingerprint density at radius 2 is 1.88 bits per heavy atom. The lowest BCUT2D eigenvalue weighted by atomic mass is 9.83. The lowest BCUT2D eigenvalue weighted by Crippen LogP contribution is -2.18. The highest BCUT2D eigenvalue weighted by Gasteiger charge is 2.32. The summed E-state index contributed by atoms with van der Waals surface area (Å²) in [5.74, 6) is 1.42. The van der Waals surface area contributed by atoms with Crippen LogP contribution >= 0.6 is 0 Å². The zero-order chi connectivity index (χ0) is 18.4. The normalized spacial score (nSPS) is 18.2. The van der Waals surface area contributed by atoms with Gasteiger partial charge in [0.05, 0.1) is 5.92 Å². The SMILES string of the molecule is Cc1cc(C(C)(C)C)cc(C)c1Cc1noc(C2CC(=O)N(C)C2)n1. The number of aromatic nitrogens is 2. The Morgan fingerprint density at radius 3 is 2.40 bits per heavy atom. The van der Waals surface area contributed by atoms with Crippen LogP contribution in [0.5, 0.6) is 0 Å². The van der Waals surface area contributed by atoms with E-state index in [0.29, 0.717) is 31.1 Å². The molecule has 1 fully saturated rings. The third-order valence-corrected chi connectivity index (χ3v) is 5.07. The van der Waals surface area contributed by atoms with Crippen LogP contribution in [0.1, 0.15) is 67.1 Å². The fraction of sp³-hybridized carbons (Fsp3) is 0.550. The van der Waals surface area contributed by atoms with Gasteiger partial charge in [-0.05, 0) is 41.5 Å². The summed E-state index contributed by atoms with van der Waals surface area (Å²) in [6.45, 7) is 11.6. The minimum Gasteiger partial charge on any atom is -0.345 e. The number of hydrogen-bond acceptors (Lipinski definition) is 4. The summed E-state index contributed by atoms with van der Waals surface area (Å²) in [6.07, 6.45) is 1.11. The Kier molecular flexibility index (Phi) is 4.43. The lowest BCUT2D eigenvalue weighted by Gasteiger charge is -2.22. The molecule has 1 aromatic heterocycles. The molecule has 134 valence electrons. The molecule has 1 atom stereocenters. The van der Waals surface area contributed by atoms with E-state index in [1.165, 1.54) is 22.3 Å². The zero-order valence-corrected chi connectivity index (χ0v) is 16.0. The molecule has 3 rings (SSSR count). The van der Waals surface area contributed by atoms with Gasteiger partial charge < -0.3 is 9.42 Å². The van der Waals surface area contributed by atoms with Crippen molar-refractivity contribution >= 4 is 5.91 Å². The molecule has 25 heavy (non-hydrogen) atoms. The van der Waals surface area contributed by atoms with Crippen molar-refractivity contribution in [2.45, 2.75) is 58.8 Å². The number of rotatable bonds is 3. The van der Waals surface area contributed by atoms with E-state index < -0.39 is 0 Å². The number of aryl methyl sites for hydroxylation is 2. The predicted molar refractivity (Wildman–Crippen MR) is 96.7 cm³/mol. The quantitative estimate of drug-likeness (QED) is 0.857. The largest absolute Gasteiger partial charge is 0.345 e. The Morgan fingerprint density at radius 1 is 1.24 bits per heavy atom. The monoisotopic (exact) mass is 341 g/mol. The maximum atomic E-state index is 11.7. The van der Waals surface area contributed by atoms with Crippen LogP contribution in [-0.2, 0) is 16.6 Å². The Bertz CT molecular complexity index is 779. The first-order valence-electron chi connectivity index (χ1n) is 8.82. The van der Waals surface area contributed by atoms with Gasteiger partial charge in [0, 0.05) is 26.4 Å². The Hall–Kier alpha value is -2.17. The van der Waals surface area contributed by atoms with Crippen LogP contribution in [0.15, 0.2) is 16.7 Å². The van der Waals surface area contributed by atoms with E-state index in [4.69, 9.17) is 4.52 Å². The van der Waals surface area contributed by atoms with Crippen molar-refractivity contribution in [3.8, 4) is 0 Å². The summed E-state index contributed by atoms with van der Waals surface area (Å²) in [5.41, 5.74) is 5.24. The maximum absolute atomic E-state index is 11.7. The van der Waals surface area contributed by atoms with E-state index in [-0.39, 0.29) is 17.2 Å². The van der Waals surface area contributed by atoms with Crippen LogP contribution in [0.25, 0.3) is 0 Å². The smallest absolute Gasteiger partial charge is 0.232 e. The molecule has 1 unspecified atom stereocenters. The van der Waals surface area contributed by atoms with Crippen LogP contribution in [-0.4, -0.2) is 34.5 Å². The molecule has 1 aromatic carbocycles. The van der Waals surface area contributed by atoms with Gasteiger partial charge in [-0.1, -0.05) is 38.1 Å². The van der Waals surface area contributed by atoms with Gasteiger partial charge in [0.25, 0.3) is 0 Å². The number of carbonyl (C=O) groups excluding carboxylic acids is 1. The fourth-order valence-electron chi connectivity index (χ4n) is 3.40. The average molecular weight is 341 g/mol. The molecular formula is C20H27N3O2. The molecule has 0 N–H and O–H groups in total. The topological polar surface area (TPSA) is 59.2 Å². The van der Waals surface area contributed by atoms with E-state index in [1.54, 1.807) is 4.90 Å². The van der Waals surface area contributed by atoms with Gasteiger partial charge >= 0.3 is 0 Å². The molecule has 0 bridgehead atoms. The van der Waals surface area contributed by atoms with Crippen molar-refractivity contribution in [3.63, 3.8) is 0 Å². The second kappa shape index (κ2) is 6.28. The van der Waals surface area contributed by atoms with Crippen molar-refractivity contribution in [2.75, 3.05) is 13.6 Å². The van der Waals surface area contributed by atoms with E-state index >= 15 is 0 Å². The van der Waals surface area contributed by atoms with E-state index in [0.717, 1.165) is 0 Å². The van der Waals surface area contributed by atoms with E-state index in [9.17, 15) is 4.79 Å². The number of amides is 1. The summed E-state index contributed by atoms with van der Waals surface area (Å²) >= 11 is 0. The summed E-state index contributed by atoms with van der Waals surface area (Å²) in [5, 5.41) is 4.14. The van der Waals surface area contributed by atoms with Gasteiger partial charge in [0.15, 0.2) is 5.82 Å². The maximum Gasteiger partial charge on any atom is 0.232 e. The molecule has 1 saturated heterocycles. The summed E-state index contributed by atoms with van der Waals surface area (Å²) in [7, 11) is 1.81. The van der Waals surface area contributed by atoms with Crippen LogP contribution in [0.2, 0.25) is 0 Å². The third kappa shape index (κ3) is 3.60. The first-order valence-corrected chi connectivity index (χ1v) is 8.82.